The molecule has 4 heterocycles. The minimum Gasteiger partial charge on any atom is -0.381 e. The third-order valence-corrected chi connectivity index (χ3v) is 6.28. The van der Waals surface area contributed by atoms with Gasteiger partial charge in [0.25, 0.3) is 5.56 Å². The van der Waals surface area contributed by atoms with Crippen LogP contribution >= 0.6 is 0 Å². The SMILES string of the molecule is Cn1c(N2CCC3(CCOC3)CC2)nc2[nH]nc(-c3cccc(F)c3F)c2c1=O. The van der Waals surface area contributed by atoms with Gasteiger partial charge in [0, 0.05) is 32.3 Å². The molecular weight excluding hydrogens is 380 g/mol. The Balaban J connectivity index is 1.54. The first kappa shape index (κ1) is 18.2. The number of hydrogen-bond acceptors (Lipinski definition) is 5. The molecule has 2 aliphatic rings. The average molecular weight is 401 g/mol. The van der Waals surface area contributed by atoms with E-state index in [1.807, 2.05) is 0 Å². The maximum Gasteiger partial charge on any atom is 0.266 e. The van der Waals surface area contributed by atoms with Gasteiger partial charge in [-0.2, -0.15) is 10.1 Å². The largest absolute Gasteiger partial charge is 0.381 e. The number of benzene rings is 1. The monoisotopic (exact) mass is 401 g/mol. The van der Waals surface area contributed by atoms with Gasteiger partial charge >= 0.3 is 0 Å². The Labute approximate surface area is 165 Å². The van der Waals surface area contributed by atoms with Crippen molar-refractivity contribution in [3.05, 3.63) is 40.2 Å². The van der Waals surface area contributed by atoms with E-state index < -0.39 is 11.6 Å². The Bertz CT molecular complexity index is 1140. The zero-order chi connectivity index (χ0) is 20.2. The number of aromatic amines is 1. The number of anilines is 1. The van der Waals surface area contributed by atoms with Crippen LogP contribution in [0.15, 0.2) is 23.0 Å². The average Bonchev–Trinajstić information content (AvgIpc) is 3.35. The van der Waals surface area contributed by atoms with E-state index in [0.29, 0.717) is 5.95 Å². The van der Waals surface area contributed by atoms with E-state index >= 15 is 0 Å². The lowest BCUT2D eigenvalue weighted by atomic mass is 9.78. The van der Waals surface area contributed by atoms with E-state index in [2.05, 4.69) is 20.1 Å². The molecule has 5 rings (SSSR count). The van der Waals surface area contributed by atoms with Gasteiger partial charge in [0.05, 0.1) is 6.61 Å². The molecule has 0 saturated carbocycles. The highest BCUT2D eigenvalue weighted by Crippen LogP contribution is 2.40. The van der Waals surface area contributed by atoms with Crippen molar-refractivity contribution in [2.75, 3.05) is 31.2 Å². The molecule has 2 aliphatic heterocycles. The number of nitrogens with zero attached hydrogens (tertiary/aromatic N) is 4. The number of halogens is 2. The summed E-state index contributed by atoms with van der Waals surface area (Å²) in [4.78, 5) is 19.8. The number of rotatable bonds is 2. The summed E-state index contributed by atoms with van der Waals surface area (Å²) in [7, 11) is 1.64. The molecule has 0 atom stereocenters. The number of aromatic nitrogens is 4. The Morgan fingerprint density at radius 3 is 2.72 bits per heavy atom. The summed E-state index contributed by atoms with van der Waals surface area (Å²) in [6, 6.07) is 3.81. The van der Waals surface area contributed by atoms with Crippen molar-refractivity contribution in [3.63, 3.8) is 0 Å². The van der Waals surface area contributed by atoms with Crippen LogP contribution in [0.2, 0.25) is 0 Å². The maximum absolute atomic E-state index is 14.3. The highest BCUT2D eigenvalue weighted by molar-refractivity contribution is 5.90. The van der Waals surface area contributed by atoms with Gasteiger partial charge in [-0.3, -0.25) is 14.5 Å². The van der Waals surface area contributed by atoms with Crippen LogP contribution in [0.25, 0.3) is 22.3 Å². The van der Waals surface area contributed by atoms with Gasteiger partial charge in [-0.1, -0.05) is 6.07 Å². The van der Waals surface area contributed by atoms with Crippen molar-refractivity contribution >= 4 is 17.0 Å². The molecule has 2 aromatic heterocycles. The van der Waals surface area contributed by atoms with Crippen LogP contribution < -0.4 is 10.5 Å². The van der Waals surface area contributed by atoms with Crippen molar-refractivity contribution in [1.29, 1.82) is 0 Å². The van der Waals surface area contributed by atoms with Crippen molar-refractivity contribution in [2.45, 2.75) is 19.3 Å². The van der Waals surface area contributed by atoms with Gasteiger partial charge in [-0.25, -0.2) is 8.78 Å². The minimum atomic E-state index is -1.04. The van der Waals surface area contributed by atoms with E-state index in [0.717, 1.165) is 51.6 Å². The standard InChI is InChI=1S/C20H21F2N5O2/c1-26-18(28)14-16(12-3-2-4-13(21)15(12)22)24-25-17(14)23-19(26)27-8-5-20(6-9-27)7-10-29-11-20/h2-4H,5-11H2,1H3,(H,24,25). The first-order valence-corrected chi connectivity index (χ1v) is 9.71. The second-order valence-electron chi connectivity index (χ2n) is 7.96. The van der Waals surface area contributed by atoms with Crippen molar-refractivity contribution in [1.82, 2.24) is 19.7 Å². The molecule has 0 aliphatic carbocycles. The van der Waals surface area contributed by atoms with Gasteiger partial charge in [0.1, 0.15) is 11.1 Å². The molecule has 1 aromatic carbocycles. The smallest absolute Gasteiger partial charge is 0.266 e. The third-order valence-electron chi connectivity index (χ3n) is 6.28. The second kappa shape index (κ2) is 6.62. The highest BCUT2D eigenvalue weighted by Gasteiger charge is 2.38. The van der Waals surface area contributed by atoms with Crippen molar-refractivity contribution in [2.24, 2.45) is 12.5 Å². The van der Waals surface area contributed by atoms with E-state index in [9.17, 15) is 13.6 Å². The molecule has 7 nitrogen and oxygen atoms in total. The summed E-state index contributed by atoms with van der Waals surface area (Å²) in [5, 5.41) is 6.94. The molecule has 2 saturated heterocycles. The molecular formula is C20H21F2N5O2. The summed E-state index contributed by atoms with van der Waals surface area (Å²) >= 11 is 0. The van der Waals surface area contributed by atoms with E-state index in [-0.39, 0.29) is 33.3 Å². The van der Waals surface area contributed by atoms with Crippen LogP contribution in [0.4, 0.5) is 14.7 Å². The van der Waals surface area contributed by atoms with Gasteiger partial charge < -0.3 is 9.64 Å². The lowest BCUT2D eigenvalue weighted by Crippen LogP contribution is -2.43. The number of fused-ring (bicyclic) bond motifs is 1. The van der Waals surface area contributed by atoms with Crippen LogP contribution in [-0.2, 0) is 11.8 Å². The van der Waals surface area contributed by atoms with Crippen LogP contribution in [-0.4, -0.2) is 46.1 Å². The minimum absolute atomic E-state index is 0.0657. The molecule has 1 spiro atoms. The van der Waals surface area contributed by atoms with Gasteiger partial charge in [-0.05, 0) is 36.8 Å². The summed E-state index contributed by atoms with van der Waals surface area (Å²) < 4.78 is 35.0. The fourth-order valence-electron chi connectivity index (χ4n) is 4.44. The third kappa shape index (κ3) is 2.83. The molecule has 0 bridgehead atoms. The predicted octanol–water partition coefficient (Wildman–Crippen LogP) is 2.61. The Morgan fingerprint density at radius 2 is 2.00 bits per heavy atom. The van der Waals surface area contributed by atoms with E-state index in [1.54, 1.807) is 7.05 Å². The first-order chi connectivity index (χ1) is 14.0. The summed E-state index contributed by atoms with van der Waals surface area (Å²) in [5.41, 5.74) is 0.171. The maximum atomic E-state index is 14.3. The molecule has 3 aromatic rings. The number of H-pyrrole nitrogens is 1. The Kier molecular flexibility index (Phi) is 4.16. The van der Waals surface area contributed by atoms with Crippen LogP contribution in [0.3, 0.4) is 0 Å². The molecule has 2 fully saturated rings. The number of hydrogen-bond donors (Lipinski definition) is 1. The molecule has 1 N–H and O–H groups in total. The summed E-state index contributed by atoms with van der Waals surface area (Å²) in [6.07, 6.45) is 3.06. The highest BCUT2D eigenvalue weighted by atomic mass is 19.2. The van der Waals surface area contributed by atoms with E-state index in [4.69, 9.17) is 4.74 Å². The number of nitrogens with one attached hydrogen (secondary N) is 1. The molecule has 0 amide bonds. The van der Waals surface area contributed by atoms with Crippen LogP contribution in [0.1, 0.15) is 19.3 Å². The topological polar surface area (TPSA) is 76.0 Å². The zero-order valence-corrected chi connectivity index (χ0v) is 16.0. The number of ether oxygens (including phenoxy) is 1. The quantitative estimate of drug-likeness (QED) is 0.715. The fourth-order valence-corrected chi connectivity index (χ4v) is 4.44. The molecule has 152 valence electrons. The summed E-state index contributed by atoms with van der Waals surface area (Å²) in [5.74, 6) is -1.48. The van der Waals surface area contributed by atoms with Crippen molar-refractivity contribution < 1.29 is 13.5 Å². The fraction of sp³-hybridized carbons (Fsp3) is 0.450. The van der Waals surface area contributed by atoms with Crippen LogP contribution in [0.5, 0.6) is 0 Å². The number of piperidine rings is 1. The first-order valence-electron chi connectivity index (χ1n) is 9.71. The van der Waals surface area contributed by atoms with Crippen LogP contribution in [0, 0.1) is 17.0 Å². The molecule has 29 heavy (non-hydrogen) atoms. The van der Waals surface area contributed by atoms with Crippen molar-refractivity contribution in [3.8, 4) is 11.3 Å². The lowest BCUT2D eigenvalue weighted by Gasteiger charge is -2.39. The van der Waals surface area contributed by atoms with E-state index in [1.165, 1.54) is 16.7 Å². The van der Waals surface area contributed by atoms with Gasteiger partial charge in [-0.15, -0.1) is 0 Å². The molecule has 0 unspecified atom stereocenters. The summed E-state index contributed by atoms with van der Waals surface area (Å²) in [6.45, 7) is 3.19. The molecule has 0 radical (unpaired) electrons. The van der Waals surface area contributed by atoms with Gasteiger partial charge in [0.2, 0.25) is 5.95 Å². The molecule has 9 heteroatoms. The Morgan fingerprint density at radius 1 is 1.21 bits per heavy atom. The van der Waals surface area contributed by atoms with Gasteiger partial charge in [0.15, 0.2) is 17.3 Å². The Hall–Kier alpha value is -2.81. The normalized spacial score (nSPS) is 18.8. The lowest BCUT2D eigenvalue weighted by molar-refractivity contribution is 0.133. The predicted molar refractivity (Wildman–Crippen MR) is 104 cm³/mol. The second-order valence-corrected chi connectivity index (χ2v) is 7.96. The zero-order valence-electron chi connectivity index (χ0n) is 16.0.